The van der Waals surface area contributed by atoms with E-state index in [0.717, 1.165) is 27.6 Å². The van der Waals surface area contributed by atoms with Crippen molar-refractivity contribution in [1.29, 1.82) is 0 Å². The third-order valence-corrected chi connectivity index (χ3v) is 6.19. The molecule has 0 saturated carbocycles. The molecule has 4 N–H and O–H groups in total. The van der Waals surface area contributed by atoms with Gasteiger partial charge in [0.25, 0.3) is 0 Å². The van der Waals surface area contributed by atoms with Gasteiger partial charge in [0.05, 0.1) is 13.2 Å². The molecule has 7 heteroatoms. The fourth-order valence-corrected chi connectivity index (χ4v) is 4.41. The molecule has 2 aromatic carbocycles. The van der Waals surface area contributed by atoms with E-state index in [4.69, 9.17) is 10.5 Å². The van der Waals surface area contributed by atoms with E-state index < -0.39 is 18.1 Å². The standard InChI is InChI=1S/C25H25N3O3S/c1-31-25(30)23(13-19-14-27-22-5-3-2-4-20(19)22)28-24(29)21(26)12-16-6-8-17(9-7-16)18-10-11-32-15-18/h2-11,14-15,21,23,27H,12-13,26H2,1H3,(H,28,29). The van der Waals surface area contributed by atoms with E-state index in [9.17, 15) is 9.59 Å². The first-order valence-corrected chi connectivity index (χ1v) is 11.3. The summed E-state index contributed by atoms with van der Waals surface area (Å²) in [7, 11) is 1.31. The van der Waals surface area contributed by atoms with Crippen LogP contribution in [0.5, 0.6) is 0 Å². The van der Waals surface area contributed by atoms with Crippen LogP contribution in [0.3, 0.4) is 0 Å². The minimum absolute atomic E-state index is 0.310. The van der Waals surface area contributed by atoms with Crippen LogP contribution in [0.1, 0.15) is 11.1 Å². The predicted octanol–water partition coefficient (Wildman–Crippen LogP) is 3.67. The van der Waals surface area contributed by atoms with Crippen LogP contribution in [0.15, 0.2) is 71.6 Å². The van der Waals surface area contributed by atoms with Gasteiger partial charge in [-0.05, 0) is 51.6 Å². The lowest BCUT2D eigenvalue weighted by molar-refractivity contribution is -0.145. The van der Waals surface area contributed by atoms with Gasteiger partial charge in [-0.3, -0.25) is 4.79 Å². The highest BCUT2D eigenvalue weighted by molar-refractivity contribution is 7.08. The molecule has 2 aromatic heterocycles. The molecule has 0 bridgehead atoms. The third-order valence-electron chi connectivity index (χ3n) is 5.50. The number of carbonyl (C=O) groups is 2. The van der Waals surface area contributed by atoms with Crippen molar-refractivity contribution in [2.75, 3.05) is 7.11 Å². The summed E-state index contributed by atoms with van der Waals surface area (Å²) in [4.78, 5) is 28.3. The van der Waals surface area contributed by atoms with E-state index in [-0.39, 0.29) is 5.91 Å². The maximum Gasteiger partial charge on any atom is 0.328 e. The number of ether oxygens (including phenoxy) is 1. The minimum atomic E-state index is -0.821. The zero-order valence-electron chi connectivity index (χ0n) is 17.7. The van der Waals surface area contributed by atoms with Crippen LogP contribution in [0, 0.1) is 0 Å². The van der Waals surface area contributed by atoms with Crippen molar-refractivity contribution in [2.24, 2.45) is 5.73 Å². The normalized spacial score (nSPS) is 12.9. The molecule has 2 atom stereocenters. The highest BCUT2D eigenvalue weighted by Gasteiger charge is 2.26. The van der Waals surface area contributed by atoms with Crippen molar-refractivity contribution >= 4 is 34.1 Å². The highest BCUT2D eigenvalue weighted by Crippen LogP contribution is 2.23. The molecule has 0 radical (unpaired) electrons. The summed E-state index contributed by atoms with van der Waals surface area (Å²) in [6.07, 6.45) is 2.53. The Kier molecular flexibility index (Phi) is 6.68. The van der Waals surface area contributed by atoms with Crippen LogP contribution in [0.4, 0.5) is 0 Å². The quantitative estimate of drug-likeness (QED) is 0.359. The maximum absolute atomic E-state index is 12.8. The molecule has 32 heavy (non-hydrogen) atoms. The Labute approximate surface area is 190 Å². The van der Waals surface area contributed by atoms with Gasteiger partial charge in [0.15, 0.2) is 0 Å². The number of nitrogens with one attached hydrogen (secondary N) is 2. The smallest absolute Gasteiger partial charge is 0.328 e. The van der Waals surface area contributed by atoms with E-state index in [1.807, 2.05) is 60.1 Å². The number of nitrogens with two attached hydrogens (primary N) is 1. The molecule has 0 aliphatic rings. The van der Waals surface area contributed by atoms with Crippen molar-refractivity contribution in [3.63, 3.8) is 0 Å². The van der Waals surface area contributed by atoms with Gasteiger partial charge in [-0.2, -0.15) is 11.3 Å². The number of methoxy groups -OCH3 is 1. The summed E-state index contributed by atoms with van der Waals surface area (Å²) in [5.41, 5.74) is 11.3. The lowest BCUT2D eigenvalue weighted by Gasteiger charge is -2.19. The van der Waals surface area contributed by atoms with Crippen LogP contribution in [0.25, 0.3) is 22.0 Å². The second-order valence-corrected chi connectivity index (χ2v) is 8.45. The van der Waals surface area contributed by atoms with Gasteiger partial charge in [0.1, 0.15) is 6.04 Å². The van der Waals surface area contributed by atoms with Crippen LogP contribution in [-0.2, 0) is 27.2 Å². The number of fused-ring (bicyclic) bond motifs is 1. The average molecular weight is 448 g/mol. The van der Waals surface area contributed by atoms with Crippen molar-refractivity contribution in [3.05, 3.63) is 82.7 Å². The Morgan fingerprint density at radius 2 is 1.84 bits per heavy atom. The average Bonchev–Trinajstić information content (AvgIpc) is 3.49. The van der Waals surface area contributed by atoms with E-state index >= 15 is 0 Å². The zero-order chi connectivity index (χ0) is 22.5. The molecule has 2 unspecified atom stereocenters. The number of rotatable bonds is 8. The fraction of sp³-hybridized carbons (Fsp3) is 0.200. The van der Waals surface area contributed by atoms with Crippen molar-refractivity contribution < 1.29 is 14.3 Å². The van der Waals surface area contributed by atoms with Gasteiger partial charge in [-0.1, -0.05) is 42.5 Å². The summed E-state index contributed by atoms with van der Waals surface area (Å²) in [5, 5.41) is 7.91. The Bertz CT molecular complexity index is 1200. The zero-order valence-corrected chi connectivity index (χ0v) is 18.5. The summed E-state index contributed by atoms with van der Waals surface area (Å²) in [6.45, 7) is 0. The molecule has 0 spiro atoms. The van der Waals surface area contributed by atoms with Gasteiger partial charge in [-0.25, -0.2) is 4.79 Å². The first-order valence-electron chi connectivity index (χ1n) is 10.4. The summed E-state index contributed by atoms with van der Waals surface area (Å²) in [5.74, 6) is -0.891. The summed E-state index contributed by atoms with van der Waals surface area (Å²) >= 11 is 1.65. The van der Waals surface area contributed by atoms with Crippen LogP contribution >= 0.6 is 11.3 Å². The largest absolute Gasteiger partial charge is 0.467 e. The molecule has 1 amide bonds. The predicted molar refractivity (Wildman–Crippen MR) is 127 cm³/mol. The number of benzene rings is 2. The number of para-hydroxylation sites is 1. The molecule has 0 aliphatic carbocycles. The number of H-pyrrole nitrogens is 1. The first-order chi connectivity index (χ1) is 15.5. The molecule has 0 fully saturated rings. The van der Waals surface area contributed by atoms with E-state index in [1.165, 1.54) is 12.7 Å². The number of esters is 1. The fourth-order valence-electron chi connectivity index (χ4n) is 3.74. The lowest BCUT2D eigenvalue weighted by atomic mass is 10.0. The van der Waals surface area contributed by atoms with Crippen LogP contribution < -0.4 is 11.1 Å². The van der Waals surface area contributed by atoms with Gasteiger partial charge >= 0.3 is 5.97 Å². The van der Waals surface area contributed by atoms with Gasteiger partial charge < -0.3 is 20.8 Å². The first kappa shape index (κ1) is 21.8. The van der Waals surface area contributed by atoms with Gasteiger partial charge in [0.2, 0.25) is 5.91 Å². The molecular weight excluding hydrogens is 422 g/mol. The molecule has 4 aromatic rings. The van der Waals surface area contributed by atoms with Crippen molar-refractivity contribution in [1.82, 2.24) is 10.3 Å². The Morgan fingerprint density at radius 3 is 2.56 bits per heavy atom. The Morgan fingerprint density at radius 1 is 1.06 bits per heavy atom. The SMILES string of the molecule is COC(=O)C(Cc1c[nH]c2ccccc12)NC(=O)C(N)Cc1ccc(-c2ccsc2)cc1. The summed E-state index contributed by atoms with van der Waals surface area (Å²) < 4.78 is 4.92. The van der Waals surface area contributed by atoms with Gasteiger partial charge in [-0.15, -0.1) is 0 Å². The number of carbonyl (C=O) groups excluding carboxylic acids is 2. The number of thiophene rings is 1. The number of aromatic nitrogens is 1. The highest BCUT2D eigenvalue weighted by atomic mass is 32.1. The monoisotopic (exact) mass is 447 g/mol. The topological polar surface area (TPSA) is 97.2 Å². The maximum atomic E-state index is 12.8. The van der Waals surface area contributed by atoms with Crippen molar-refractivity contribution in [3.8, 4) is 11.1 Å². The minimum Gasteiger partial charge on any atom is -0.467 e. The Hall–Kier alpha value is -3.42. The number of hydrogen-bond acceptors (Lipinski definition) is 5. The molecule has 0 saturated heterocycles. The molecule has 164 valence electrons. The lowest BCUT2D eigenvalue weighted by Crippen LogP contribution is -2.50. The summed E-state index contributed by atoms with van der Waals surface area (Å²) in [6, 6.07) is 16.3. The van der Waals surface area contributed by atoms with Crippen molar-refractivity contribution in [2.45, 2.75) is 24.9 Å². The molecule has 2 heterocycles. The molecule has 0 aliphatic heterocycles. The van der Waals surface area contributed by atoms with Crippen LogP contribution in [-0.4, -0.2) is 36.1 Å². The Balaban J connectivity index is 1.41. The number of hydrogen-bond donors (Lipinski definition) is 3. The third kappa shape index (κ3) is 4.90. The number of aromatic amines is 1. The molecule has 6 nitrogen and oxygen atoms in total. The molecular formula is C25H25N3O3S. The number of amides is 1. The van der Waals surface area contributed by atoms with Gasteiger partial charge in [0, 0.05) is 23.5 Å². The van der Waals surface area contributed by atoms with E-state index in [2.05, 4.69) is 21.7 Å². The molecule has 4 rings (SSSR count). The second kappa shape index (κ2) is 9.80. The van der Waals surface area contributed by atoms with E-state index in [1.54, 1.807) is 11.3 Å². The van der Waals surface area contributed by atoms with Crippen LogP contribution in [0.2, 0.25) is 0 Å². The second-order valence-electron chi connectivity index (χ2n) is 7.67. The van der Waals surface area contributed by atoms with E-state index in [0.29, 0.717) is 12.8 Å².